The van der Waals surface area contributed by atoms with Crippen molar-refractivity contribution in [2.75, 3.05) is 36.0 Å². The Hall–Kier alpha value is -1.73. The third-order valence-corrected chi connectivity index (χ3v) is 6.63. The zero-order valence-electron chi connectivity index (χ0n) is 14.0. The van der Waals surface area contributed by atoms with Gasteiger partial charge in [0.2, 0.25) is 5.13 Å². The predicted octanol–water partition coefficient (Wildman–Crippen LogP) is 3.99. The van der Waals surface area contributed by atoms with Crippen LogP contribution in [0.4, 0.5) is 10.3 Å². The van der Waals surface area contributed by atoms with Crippen LogP contribution in [0.3, 0.4) is 0 Å². The van der Waals surface area contributed by atoms with Gasteiger partial charge in [-0.05, 0) is 18.6 Å². The summed E-state index contributed by atoms with van der Waals surface area (Å²) >= 11 is 3.52. The van der Waals surface area contributed by atoms with E-state index in [1.54, 1.807) is 22.7 Å². The van der Waals surface area contributed by atoms with Gasteiger partial charge in [0.1, 0.15) is 5.01 Å². The zero-order valence-corrected chi connectivity index (χ0v) is 15.6. The third kappa shape index (κ3) is 3.10. The van der Waals surface area contributed by atoms with Gasteiger partial charge in [0.05, 0.1) is 10.2 Å². The van der Waals surface area contributed by atoms with Gasteiger partial charge in [0.25, 0.3) is 0 Å². The van der Waals surface area contributed by atoms with Gasteiger partial charge < -0.3 is 9.80 Å². The molecule has 0 amide bonds. The van der Waals surface area contributed by atoms with Crippen molar-refractivity contribution in [1.82, 2.24) is 15.2 Å². The Bertz CT molecular complexity index is 792. The van der Waals surface area contributed by atoms with E-state index in [4.69, 9.17) is 4.98 Å². The molecule has 0 radical (unpaired) electrons. The van der Waals surface area contributed by atoms with Crippen LogP contribution in [0.1, 0.15) is 31.2 Å². The summed E-state index contributed by atoms with van der Waals surface area (Å²) in [7, 11) is 0. The lowest BCUT2D eigenvalue weighted by Crippen LogP contribution is -2.30. The van der Waals surface area contributed by atoms with Crippen molar-refractivity contribution in [3.8, 4) is 0 Å². The third-order valence-electron chi connectivity index (χ3n) is 4.24. The van der Waals surface area contributed by atoms with Gasteiger partial charge in [-0.15, -0.1) is 10.2 Å². The highest BCUT2D eigenvalue weighted by Crippen LogP contribution is 2.30. The molecule has 0 atom stereocenters. The molecule has 1 aliphatic rings. The minimum atomic E-state index is 0.447. The molecule has 3 aromatic rings. The molecule has 0 bridgehead atoms. The second-order valence-corrected chi connectivity index (χ2v) is 8.37. The molecule has 24 heavy (non-hydrogen) atoms. The monoisotopic (exact) mass is 359 g/mol. The van der Waals surface area contributed by atoms with E-state index in [0.717, 1.165) is 53.4 Å². The number of thiazole rings is 1. The van der Waals surface area contributed by atoms with Gasteiger partial charge in [0.15, 0.2) is 5.13 Å². The molecule has 1 fully saturated rings. The SMILES string of the molecule is CC(C)c1nnc(N2CCCN(c3nc4ccccc4s3)CC2)s1. The van der Waals surface area contributed by atoms with E-state index in [9.17, 15) is 0 Å². The van der Waals surface area contributed by atoms with Gasteiger partial charge in [-0.1, -0.05) is 48.7 Å². The quantitative estimate of drug-likeness (QED) is 0.707. The normalized spacial score (nSPS) is 16.1. The highest BCUT2D eigenvalue weighted by atomic mass is 32.1. The van der Waals surface area contributed by atoms with Crippen LogP contribution in [0.15, 0.2) is 24.3 Å². The Kier molecular flexibility index (Phi) is 4.37. The van der Waals surface area contributed by atoms with Crippen molar-refractivity contribution in [1.29, 1.82) is 0 Å². The maximum Gasteiger partial charge on any atom is 0.208 e. The molecular formula is C17H21N5S2. The first-order chi connectivity index (χ1) is 11.7. The molecule has 0 spiro atoms. The minimum Gasteiger partial charge on any atom is -0.346 e. The van der Waals surface area contributed by atoms with Crippen LogP contribution in [-0.4, -0.2) is 41.4 Å². The van der Waals surface area contributed by atoms with Crippen LogP contribution in [0.2, 0.25) is 0 Å². The Labute approximate surface area is 150 Å². The van der Waals surface area contributed by atoms with Gasteiger partial charge >= 0.3 is 0 Å². The van der Waals surface area contributed by atoms with Crippen molar-refractivity contribution < 1.29 is 0 Å². The minimum absolute atomic E-state index is 0.447. The van der Waals surface area contributed by atoms with Crippen LogP contribution in [0.25, 0.3) is 10.2 Å². The first-order valence-electron chi connectivity index (χ1n) is 8.39. The molecule has 0 saturated carbocycles. The topological polar surface area (TPSA) is 45.2 Å². The van der Waals surface area contributed by atoms with Gasteiger partial charge in [-0.25, -0.2) is 4.98 Å². The molecule has 3 heterocycles. The van der Waals surface area contributed by atoms with Crippen molar-refractivity contribution in [2.24, 2.45) is 0 Å². The van der Waals surface area contributed by atoms with Crippen LogP contribution in [-0.2, 0) is 0 Å². The average Bonchev–Trinajstić information content (AvgIpc) is 3.16. The van der Waals surface area contributed by atoms with Crippen LogP contribution < -0.4 is 9.80 Å². The standard InChI is InChI=1S/C17H21N5S2/c1-12(2)15-19-20-17(24-15)22-9-5-8-21(10-11-22)16-18-13-6-3-4-7-14(13)23-16/h3-4,6-7,12H,5,8-11H2,1-2H3. The smallest absolute Gasteiger partial charge is 0.208 e. The number of fused-ring (bicyclic) bond motifs is 1. The summed E-state index contributed by atoms with van der Waals surface area (Å²) < 4.78 is 1.26. The number of anilines is 2. The molecule has 1 saturated heterocycles. The van der Waals surface area contributed by atoms with Gasteiger partial charge in [0, 0.05) is 32.1 Å². The lowest BCUT2D eigenvalue weighted by molar-refractivity contribution is 0.789. The highest BCUT2D eigenvalue weighted by Gasteiger charge is 2.20. The molecule has 5 nitrogen and oxygen atoms in total. The molecule has 126 valence electrons. The zero-order chi connectivity index (χ0) is 16.5. The first kappa shape index (κ1) is 15.8. The molecule has 4 rings (SSSR count). The van der Waals surface area contributed by atoms with Crippen molar-refractivity contribution in [3.63, 3.8) is 0 Å². The molecule has 0 aliphatic carbocycles. The molecule has 0 N–H and O–H groups in total. The molecule has 2 aromatic heterocycles. The van der Waals surface area contributed by atoms with E-state index in [1.807, 2.05) is 0 Å². The Morgan fingerprint density at radius 1 is 0.917 bits per heavy atom. The Morgan fingerprint density at radius 3 is 2.38 bits per heavy atom. The lowest BCUT2D eigenvalue weighted by Gasteiger charge is -2.20. The molecule has 1 aromatic carbocycles. The number of benzene rings is 1. The van der Waals surface area contributed by atoms with E-state index >= 15 is 0 Å². The summed E-state index contributed by atoms with van der Waals surface area (Å²) in [5.41, 5.74) is 1.10. The van der Waals surface area contributed by atoms with E-state index in [0.29, 0.717) is 5.92 Å². The molecule has 1 aliphatic heterocycles. The second-order valence-electron chi connectivity index (χ2n) is 6.37. The van der Waals surface area contributed by atoms with E-state index in [1.165, 1.54) is 4.70 Å². The van der Waals surface area contributed by atoms with Crippen LogP contribution in [0.5, 0.6) is 0 Å². The lowest BCUT2D eigenvalue weighted by atomic mass is 10.2. The fourth-order valence-electron chi connectivity index (χ4n) is 2.88. The maximum atomic E-state index is 4.80. The number of aromatic nitrogens is 3. The maximum absolute atomic E-state index is 4.80. The summed E-state index contributed by atoms with van der Waals surface area (Å²) in [5, 5.41) is 12.0. The predicted molar refractivity (Wildman–Crippen MR) is 103 cm³/mol. The number of hydrogen-bond donors (Lipinski definition) is 0. The number of hydrogen-bond acceptors (Lipinski definition) is 7. The van der Waals surface area contributed by atoms with Crippen LogP contribution >= 0.6 is 22.7 Å². The van der Waals surface area contributed by atoms with Crippen molar-refractivity contribution in [3.05, 3.63) is 29.3 Å². The second kappa shape index (κ2) is 6.64. The highest BCUT2D eigenvalue weighted by molar-refractivity contribution is 7.22. The average molecular weight is 360 g/mol. The molecule has 7 heteroatoms. The van der Waals surface area contributed by atoms with Gasteiger partial charge in [-0.2, -0.15) is 0 Å². The largest absolute Gasteiger partial charge is 0.346 e. The fourth-order valence-corrected chi connectivity index (χ4v) is 4.80. The first-order valence-corrected chi connectivity index (χ1v) is 10.0. The number of para-hydroxylation sites is 1. The summed E-state index contributed by atoms with van der Waals surface area (Å²) in [6, 6.07) is 8.37. The number of nitrogens with zero attached hydrogens (tertiary/aromatic N) is 5. The summed E-state index contributed by atoms with van der Waals surface area (Å²) in [4.78, 5) is 9.59. The Morgan fingerprint density at radius 2 is 1.67 bits per heavy atom. The van der Waals surface area contributed by atoms with Gasteiger partial charge in [-0.3, -0.25) is 0 Å². The van der Waals surface area contributed by atoms with Crippen LogP contribution in [0, 0.1) is 0 Å². The summed E-state index contributed by atoms with van der Waals surface area (Å²) in [6.07, 6.45) is 1.12. The molecule has 0 unspecified atom stereocenters. The Balaban J connectivity index is 1.49. The number of rotatable bonds is 3. The van der Waals surface area contributed by atoms with Crippen molar-refractivity contribution in [2.45, 2.75) is 26.2 Å². The van der Waals surface area contributed by atoms with Crippen molar-refractivity contribution >= 4 is 43.2 Å². The van der Waals surface area contributed by atoms with E-state index in [2.05, 4.69) is 58.1 Å². The summed E-state index contributed by atoms with van der Waals surface area (Å²) in [6.45, 7) is 8.38. The summed E-state index contributed by atoms with van der Waals surface area (Å²) in [5.74, 6) is 0.447. The fraction of sp³-hybridized carbons (Fsp3) is 0.471. The molecular weight excluding hydrogens is 338 g/mol. The van der Waals surface area contributed by atoms with E-state index in [-0.39, 0.29) is 0 Å². The van der Waals surface area contributed by atoms with E-state index < -0.39 is 0 Å².